The number of amides is 3. The second-order valence-electron chi connectivity index (χ2n) is 3.95. The van der Waals surface area contributed by atoms with Crippen molar-refractivity contribution < 1.29 is 19.5 Å². The molecule has 94 valence electrons. The molecule has 1 aromatic rings. The largest absolute Gasteiger partial charge is 0.506 e. The number of aromatic hydroxyl groups is 1. The Bertz CT molecular complexity index is 529. The van der Waals surface area contributed by atoms with Crippen LogP contribution in [-0.4, -0.2) is 45.8 Å². The summed E-state index contributed by atoms with van der Waals surface area (Å²) in [5.41, 5.74) is 0.129. The molecule has 7 heteroatoms. The molecule has 1 saturated heterocycles. The first kappa shape index (κ1) is 12.0. The zero-order valence-electron chi connectivity index (χ0n) is 9.58. The Hall–Kier alpha value is -2.44. The molecule has 2 rings (SSSR count). The van der Waals surface area contributed by atoms with Crippen LogP contribution < -0.4 is 5.32 Å². The summed E-state index contributed by atoms with van der Waals surface area (Å²) in [4.78, 5) is 39.2. The van der Waals surface area contributed by atoms with Crippen LogP contribution in [0.1, 0.15) is 16.8 Å². The van der Waals surface area contributed by atoms with E-state index in [1.54, 1.807) is 0 Å². The van der Waals surface area contributed by atoms with Gasteiger partial charge in [0.15, 0.2) is 0 Å². The van der Waals surface area contributed by atoms with E-state index in [9.17, 15) is 19.5 Å². The van der Waals surface area contributed by atoms with E-state index in [0.29, 0.717) is 0 Å². The van der Waals surface area contributed by atoms with Crippen LogP contribution in [0.5, 0.6) is 5.75 Å². The van der Waals surface area contributed by atoms with Gasteiger partial charge in [-0.2, -0.15) is 0 Å². The van der Waals surface area contributed by atoms with Crippen LogP contribution in [0.2, 0.25) is 0 Å². The fraction of sp³-hybridized carbons (Fsp3) is 0.273. The van der Waals surface area contributed by atoms with Gasteiger partial charge in [-0.25, -0.2) is 0 Å². The number of nitrogens with zero attached hydrogens (tertiary/aromatic N) is 2. The third kappa shape index (κ3) is 2.15. The van der Waals surface area contributed by atoms with Crippen molar-refractivity contribution in [1.82, 2.24) is 15.2 Å². The van der Waals surface area contributed by atoms with Gasteiger partial charge in [0.25, 0.3) is 11.8 Å². The molecule has 0 radical (unpaired) electrons. The van der Waals surface area contributed by atoms with Gasteiger partial charge >= 0.3 is 0 Å². The number of nitrogens with one attached hydrogen (secondary N) is 1. The van der Waals surface area contributed by atoms with Gasteiger partial charge in [-0.1, -0.05) is 0 Å². The van der Waals surface area contributed by atoms with Crippen molar-refractivity contribution in [3.63, 3.8) is 0 Å². The lowest BCUT2D eigenvalue weighted by molar-refractivity contribution is -0.137. The molecular formula is C11H11N3O4. The summed E-state index contributed by atoms with van der Waals surface area (Å²) in [6.07, 6.45) is 2.40. The Kier molecular flexibility index (Phi) is 2.97. The lowest BCUT2D eigenvalue weighted by Crippen LogP contribution is -2.40. The second kappa shape index (κ2) is 4.44. The maximum Gasteiger partial charge on any atom is 0.253 e. The van der Waals surface area contributed by atoms with Crippen LogP contribution in [0.15, 0.2) is 18.5 Å². The Labute approximate surface area is 102 Å². The van der Waals surface area contributed by atoms with Gasteiger partial charge in [0.2, 0.25) is 5.91 Å². The molecule has 1 aliphatic heterocycles. The molecule has 2 N–H and O–H groups in total. The summed E-state index contributed by atoms with van der Waals surface area (Å²) in [5, 5.41) is 11.6. The number of carbonyl (C=O) groups is 3. The molecule has 0 aliphatic carbocycles. The van der Waals surface area contributed by atoms with Crippen LogP contribution in [0.4, 0.5) is 0 Å². The average molecular weight is 249 g/mol. The zero-order valence-corrected chi connectivity index (χ0v) is 9.58. The van der Waals surface area contributed by atoms with E-state index < -0.39 is 17.9 Å². The summed E-state index contributed by atoms with van der Waals surface area (Å²) >= 11 is 0. The lowest BCUT2D eigenvalue weighted by Gasteiger charge is -2.10. The molecule has 1 fully saturated rings. The minimum absolute atomic E-state index is 0.0483. The molecule has 0 aromatic carbocycles. The van der Waals surface area contributed by atoms with Crippen LogP contribution in [-0.2, 0) is 9.59 Å². The number of hydrogen-bond donors (Lipinski definition) is 2. The van der Waals surface area contributed by atoms with Gasteiger partial charge in [-0.05, 0) is 6.07 Å². The average Bonchev–Trinajstić information content (AvgIpc) is 2.57. The number of rotatable bonds is 2. The smallest absolute Gasteiger partial charge is 0.253 e. The van der Waals surface area contributed by atoms with Crippen molar-refractivity contribution in [3.8, 4) is 5.75 Å². The highest BCUT2D eigenvalue weighted by molar-refractivity contribution is 6.07. The van der Waals surface area contributed by atoms with Gasteiger partial charge in [0, 0.05) is 13.2 Å². The van der Waals surface area contributed by atoms with Crippen molar-refractivity contribution in [1.29, 1.82) is 0 Å². The van der Waals surface area contributed by atoms with Crippen molar-refractivity contribution in [2.45, 2.75) is 12.5 Å². The first-order valence-corrected chi connectivity index (χ1v) is 5.24. The van der Waals surface area contributed by atoms with E-state index in [2.05, 4.69) is 10.3 Å². The maximum absolute atomic E-state index is 11.8. The Morgan fingerprint density at radius 2 is 2.22 bits per heavy atom. The van der Waals surface area contributed by atoms with Crippen molar-refractivity contribution in [3.05, 3.63) is 24.0 Å². The Balaban J connectivity index is 2.09. The predicted molar refractivity (Wildman–Crippen MR) is 59.6 cm³/mol. The second-order valence-corrected chi connectivity index (χ2v) is 3.95. The number of carbonyl (C=O) groups excluding carboxylic acids is 3. The Morgan fingerprint density at radius 1 is 1.50 bits per heavy atom. The summed E-state index contributed by atoms with van der Waals surface area (Å²) in [5.74, 6) is -1.48. The number of likely N-dealkylation sites (tertiary alicyclic amines) is 1. The van der Waals surface area contributed by atoms with Crippen molar-refractivity contribution in [2.24, 2.45) is 0 Å². The van der Waals surface area contributed by atoms with Gasteiger partial charge < -0.3 is 10.4 Å². The SMILES string of the molecule is CN1C(=O)CC(NC(=O)c2cncc(O)c2)C1=O. The minimum atomic E-state index is -0.850. The molecule has 0 bridgehead atoms. The van der Waals surface area contributed by atoms with E-state index >= 15 is 0 Å². The number of imide groups is 1. The fourth-order valence-corrected chi connectivity index (χ4v) is 1.66. The van der Waals surface area contributed by atoms with E-state index in [4.69, 9.17) is 0 Å². The highest BCUT2D eigenvalue weighted by Gasteiger charge is 2.37. The van der Waals surface area contributed by atoms with Crippen LogP contribution in [0, 0.1) is 0 Å². The zero-order chi connectivity index (χ0) is 13.3. The molecule has 1 atom stereocenters. The molecule has 2 heterocycles. The van der Waals surface area contributed by atoms with E-state index in [-0.39, 0.29) is 23.6 Å². The van der Waals surface area contributed by atoms with Gasteiger partial charge in [0.1, 0.15) is 11.8 Å². The van der Waals surface area contributed by atoms with Crippen molar-refractivity contribution >= 4 is 17.7 Å². The molecule has 18 heavy (non-hydrogen) atoms. The number of pyridine rings is 1. The fourth-order valence-electron chi connectivity index (χ4n) is 1.66. The van der Waals surface area contributed by atoms with Crippen LogP contribution in [0.25, 0.3) is 0 Å². The topological polar surface area (TPSA) is 99.6 Å². The first-order valence-electron chi connectivity index (χ1n) is 5.24. The molecular weight excluding hydrogens is 238 g/mol. The van der Waals surface area contributed by atoms with Crippen molar-refractivity contribution in [2.75, 3.05) is 7.05 Å². The van der Waals surface area contributed by atoms with Crippen LogP contribution >= 0.6 is 0 Å². The lowest BCUT2D eigenvalue weighted by atomic mass is 10.2. The molecule has 1 aliphatic rings. The molecule has 3 amide bonds. The molecule has 7 nitrogen and oxygen atoms in total. The van der Waals surface area contributed by atoms with E-state index in [0.717, 1.165) is 4.90 Å². The standard InChI is InChI=1S/C11H11N3O4/c1-14-9(16)3-8(11(14)18)13-10(17)6-2-7(15)5-12-4-6/h2,4-5,8,15H,3H2,1H3,(H,13,17). The molecule has 1 aromatic heterocycles. The number of aromatic nitrogens is 1. The third-order valence-corrected chi connectivity index (χ3v) is 2.67. The van der Waals surface area contributed by atoms with Crippen LogP contribution in [0.3, 0.4) is 0 Å². The minimum Gasteiger partial charge on any atom is -0.506 e. The monoisotopic (exact) mass is 249 g/mol. The van der Waals surface area contributed by atoms with Gasteiger partial charge in [-0.3, -0.25) is 24.3 Å². The first-order chi connectivity index (χ1) is 8.49. The number of likely N-dealkylation sites (N-methyl/N-ethyl adjacent to an activating group) is 1. The van der Waals surface area contributed by atoms with Gasteiger partial charge in [-0.15, -0.1) is 0 Å². The number of hydrogen-bond acceptors (Lipinski definition) is 5. The summed E-state index contributed by atoms with van der Waals surface area (Å²) in [6.45, 7) is 0. The van der Waals surface area contributed by atoms with E-state index in [1.165, 1.54) is 25.5 Å². The normalized spacial score (nSPS) is 19.2. The molecule has 0 saturated carbocycles. The van der Waals surface area contributed by atoms with E-state index in [1.807, 2.05) is 0 Å². The maximum atomic E-state index is 11.8. The molecule has 1 unspecified atom stereocenters. The Morgan fingerprint density at radius 3 is 2.78 bits per heavy atom. The third-order valence-electron chi connectivity index (χ3n) is 2.67. The summed E-state index contributed by atoms with van der Waals surface area (Å²) in [6, 6.07) is 0.380. The summed E-state index contributed by atoms with van der Waals surface area (Å²) < 4.78 is 0. The predicted octanol–water partition coefficient (Wildman–Crippen LogP) is -0.726. The highest BCUT2D eigenvalue weighted by Crippen LogP contribution is 2.13. The quantitative estimate of drug-likeness (QED) is 0.673. The van der Waals surface area contributed by atoms with Gasteiger partial charge in [0.05, 0.1) is 18.2 Å². The molecule has 0 spiro atoms. The summed E-state index contributed by atoms with van der Waals surface area (Å²) in [7, 11) is 1.37. The highest BCUT2D eigenvalue weighted by atomic mass is 16.3.